The smallest absolute Gasteiger partial charge is 0.409 e. The van der Waals surface area contributed by atoms with E-state index in [0.29, 0.717) is 26.2 Å². The average Bonchev–Trinajstić information content (AvgIpc) is 2.61. The first-order chi connectivity index (χ1) is 8.70. The minimum absolute atomic E-state index is 0.101. The molecule has 1 rings (SSSR count). The lowest BCUT2D eigenvalue weighted by Crippen LogP contribution is -2.35. The van der Waals surface area contributed by atoms with Crippen LogP contribution in [0.3, 0.4) is 0 Å². The molecule has 1 amide bonds. The highest BCUT2D eigenvalue weighted by molar-refractivity contribution is 5.75. The molecule has 1 heterocycles. The number of nitrogens with one attached hydrogen (secondary N) is 1. The standard InChI is InChI=1S/C12H22N2O4/c1-11(15)3-8-17-9-10-18-12(16)14-6-2-4-13-5-7-14/h13H,2-10H2,1H3. The van der Waals surface area contributed by atoms with Crippen molar-refractivity contribution in [1.29, 1.82) is 0 Å². The molecule has 0 aromatic heterocycles. The summed E-state index contributed by atoms with van der Waals surface area (Å²) >= 11 is 0. The second-order valence-corrected chi connectivity index (χ2v) is 4.27. The molecule has 1 saturated heterocycles. The molecular weight excluding hydrogens is 236 g/mol. The van der Waals surface area contributed by atoms with Crippen LogP contribution >= 0.6 is 0 Å². The molecule has 0 unspecified atom stereocenters. The van der Waals surface area contributed by atoms with Gasteiger partial charge in [-0.3, -0.25) is 4.79 Å². The largest absolute Gasteiger partial charge is 0.447 e. The summed E-state index contributed by atoms with van der Waals surface area (Å²) in [7, 11) is 0. The summed E-state index contributed by atoms with van der Waals surface area (Å²) in [5.41, 5.74) is 0. The molecule has 6 heteroatoms. The highest BCUT2D eigenvalue weighted by Crippen LogP contribution is 1.98. The lowest BCUT2D eigenvalue weighted by molar-refractivity contribution is -0.118. The van der Waals surface area contributed by atoms with Gasteiger partial charge in [0.25, 0.3) is 0 Å². The summed E-state index contributed by atoms with van der Waals surface area (Å²) in [6.07, 6.45) is 1.07. The summed E-state index contributed by atoms with van der Waals surface area (Å²) in [5, 5.41) is 3.22. The van der Waals surface area contributed by atoms with Crippen LogP contribution in [0.4, 0.5) is 4.79 Å². The van der Waals surface area contributed by atoms with Crippen LogP contribution in [0.25, 0.3) is 0 Å². The average molecular weight is 258 g/mol. The second kappa shape index (κ2) is 8.88. The highest BCUT2D eigenvalue weighted by Gasteiger charge is 2.15. The predicted molar refractivity (Wildman–Crippen MR) is 66.5 cm³/mol. The van der Waals surface area contributed by atoms with E-state index in [-0.39, 0.29) is 18.5 Å². The number of ketones is 1. The topological polar surface area (TPSA) is 67.9 Å². The third-order valence-corrected chi connectivity index (χ3v) is 2.65. The van der Waals surface area contributed by atoms with E-state index in [9.17, 15) is 9.59 Å². The van der Waals surface area contributed by atoms with Gasteiger partial charge in [0.2, 0.25) is 0 Å². The molecule has 1 fully saturated rings. The van der Waals surface area contributed by atoms with Crippen LogP contribution in [0.15, 0.2) is 0 Å². The fourth-order valence-electron chi connectivity index (χ4n) is 1.63. The third kappa shape index (κ3) is 6.56. The van der Waals surface area contributed by atoms with Gasteiger partial charge in [0.15, 0.2) is 0 Å². The van der Waals surface area contributed by atoms with Gasteiger partial charge in [-0.05, 0) is 19.9 Å². The van der Waals surface area contributed by atoms with Crippen molar-refractivity contribution in [2.24, 2.45) is 0 Å². The Bertz CT molecular complexity index is 263. The van der Waals surface area contributed by atoms with Gasteiger partial charge in [0, 0.05) is 26.1 Å². The van der Waals surface area contributed by atoms with Crippen LogP contribution in [-0.4, -0.2) is 62.8 Å². The van der Waals surface area contributed by atoms with Gasteiger partial charge in [-0.2, -0.15) is 0 Å². The van der Waals surface area contributed by atoms with Crippen LogP contribution in [0.2, 0.25) is 0 Å². The Morgan fingerprint density at radius 2 is 2.00 bits per heavy atom. The molecule has 0 aliphatic carbocycles. The van der Waals surface area contributed by atoms with Crippen molar-refractivity contribution < 1.29 is 19.1 Å². The summed E-state index contributed by atoms with van der Waals surface area (Å²) in [6.45, 7) is 5.66. The first kappa shape index (κ1) is 14.9. The van der Waals surface area contributed by atoms with E-state index >= 15 is 0 Å². The Hall–Kier alpha value is -1.14. The Kier molecular flexibility index (Phi) is 7.36. The molecule has 1 aliphatic heterocycles. The van der Waals surface area contributed by atoms with Crippen LogP contribution in [0.1, 0.15) is 19.8 Å². The number of rotatable bonds is 6. The zero-order valence-corrected chi connectivity index (χ0v) is 10.9. The zero-order chi connectivity index (χ0) is 13.2. The highest BCUT2D eigenvalue weighted by atomic mass is 16.6. The lowest BCUT2D eigenvalue weighted by Gasteiger charge is -2.19. The van der Waals surface area contributed by atoms with E-state index in [1.165, 1.54) is 6.92 Å². The molecule has 1 aliphatic rings. The quantitative estimate of drug-likeness (QED) is 0.699. The molecule has 0 aromatic carbocycles. The first-order valence-electron chi connectivity index (χ1n) is 6.40. The third-order valence-electron chi connectivity index (χ3n) is 2.65. The molecule has 1 N–H and O–H groups in total. The SMILES string of the molecule is CC(=O)CCOCCOC(=O)N1CCCNCC1. The van der Waals surface area contributed by atoms with Gasteiger partial charge in [-0.15, -0.1) is 0 Å². The Morgan fingerprint density at radius 1 is 1.17 bits per heavy atom. The number of amides is 1. The van der Waals surface area contributed by atoms with E-state index in [4.69, 9.17) is 9.47 Å². The van der Waals surface area contributed by atoms with Gasteiger partial charge in [-0.1, -0.05) is 0 Å². The Labute approximate surface area is 108 Å². The summed E-state index contributed by atoms with van der Waals surface area (Å²) in [6, 6.07) is 0. The van der Waals surface area contributed by atoms with Gasteiger partial charge < -0.3 is 19.7 Å². The number of nitrogens with zero attached hydrogens (tertiary/aromatic N) is 1. The summed E-state index contributed by atoms with van der Waals surface area (Å²) in [4.78, 5) is 24.0. The molecule has 0 atom stereocenters. The van der Waals surface area contributed by atoms with Crippen molar-refractivity contribution in [2.75, 3.05) is 46.0 Å². The Balaban J connectivity index is 2.03. The molecule has 18 heavy (non-hydrogen) atoms. The number of hydrogen-bond acceptors (Lipinski definition) is 5. The minimum Gasteiger partial charge on any atom is -0.447 e. The van der Waals surface area contributed by atoms with Crippen molar-refractivity contribution in [1.82, 2.24) is 10.2 Å². The fourth-order valence-corrected chi connectivity index (χ4v) is 1.63. The molecule has 0 aromatic rings. The fraction of sp³-hybridized carbons (Fsp3) is 0.833. The van der Waals surface area contributed by atoms with Crippen LogP contribution in [0, 0.1) is 0 Å². The number of ether oxygens (including phenoxy) is 2. The van der Waals surface area contributed by atoms with Gasteiger partial charge in [0.1, 0.15) is 12.4 Å². The normalized spacial score (nSPS) is 16.2. The van der Waals surface area contributed by atoms with Gasteiger partial charge in [0.05, 0.1) is 13.2 Å². The molecule has 0 saturated carbocycles. The number of hydrogen-bond donors (Lipinski definition) is 1. The molecule has 0 spiro atoms. The summed E-state index contributed by atoms with van der Waals surface area (Å²) in [5.74, 6) is 0.101. The van der Waals surface area contributed by atoms with Crippen molar-refractivity contribution >= 4 is 11.9 Å². The van der Waals surface area contributed by atoms with Crippen molar-refractivity contribution in [3.63, 3.8) is 0 Å². The van der Waals surface area contributed by atoms with E-state index in [1.807, 2.05) is 0 Å². The van der Waals surface area contributed by atoms with Crippen molar-refractivity contribution in [3.05, 3.63) is 0 Å². The second-order valence-electron chi connectivity index (χ2n) is 4.27. The van der Waals surface area contributed by atoms with Gasteiger partial charge >= 0.3 is 6.09 Å². The monoisotopic (exact) mass is 258 g/mol. The number of carbonyl (C=O) groups is 2. The maximum atomic E-state index is 11.7. The number of Topliss-reactive ketones (excluding diaryl/α,β-unsaturated/α-hetero) is 1. The van der Waals surface area contributed by atoms with Crippen LogP contribution < -0.4 is 5.32 Å². The van der Waals surface area contributed by atoms with E-state index in [2.05, 4.69) is 5.32 Å². The lowest BCUT2D eigenvalue weighted by atomic mass is 10.3. The van der Waals surface area contributed by atoms with Crippen LogP contribution in [0.5, 0.6) is 0 Å². The molecule has 0 bridgehead atoms. The zero-order valence-electron chi connectivity index (χ0n) is 10.9. The maximum Gasteiger partial charge on any atom is 0.409 e. The van der Waals surface area contributed by atoms with E-state index < -0.39 is 0 Å². The van der Waals surface area contributed by atoms with Crippen molar-refractivity contribution in [2.45, 2.75) is 19.8 Å². The molecular formula is C12H22N2O4. The molecule has 0 radical (unpaired) electrons. The van der Waals surface area contributed by atoms with E-state index in [1.54, 1.807) is 4.90 Å². The molecule has 6 nitrogen and oxygen atoms in total. The molecule has 104 valence electrons. The Morgan fingerprint density at radius 3 is 2.78 bits per heavy atom. The maximum absolute atomic E-state index is 11.7. The summed E-state index contributed by atoms with van der Waals surface area (Å²) < 4.78 is 10.3. The minimum atomic E-state index is -0.283. The first-order valence-corrected chi connectivity index (χ1v) is 6.40. The number of carbonyl (C=O) groups excluding carboxylic acids is 2. The van der Waals surface area contributed by atoms with Crippen LogP contribution in [-0.2, 0) is 14.3 Å². The predicted octanol–water partition coefficient (Wildman–Crippen LogP) is 0.414. The van der Waals surface area contributed by atoms with E-state index in [0.717, 1.165) is 26.1 Å². The van der Waals surface area contributed by atoms with Gasteiger partial charge in [-0.25, -0.2) is 4.79 Å². The van der Waals surface area contributed by atoms with Crippen molar-refractivity contribution in [3.8, 4) is 0 Å².